The van der Waals surface area contributed by atoms with Gasteiger partial charge in [0.25, 0.3) is 0 Å². The number of rotatable bonds is 6. The van der Waals surface area contributed by atoms with E-state index in [1.54, 1.807) is 12.1 Å². The molecule has 1 aliphatic heterocycles. The fraction of sp³-hybridized carbons (Fsp3) is 0.444. The van der Waals surface area contributed by atoms with Gasteiger partial charge in [-0.25, -0.2) is 9.37 Å². The number of thiazole rings is 1. The summed E-state index contributed by atoms with van der Waals surface area (Å²) in [5, 5.41) is 6.80. The van der Waals surface area contributed by atoms with Gasteiger partial charge in [-0.3, -0.25) is 4.79 Å². The zero-order valence-electron chi connectivity index (χ0n) is 14.2. The van der Waals surface area contributed by atoms with Crippen molar-refractivity contribution in [2.45, 2.75) is 32.6 Å². The van der Waals surface area contributed by atoms with E-state index in [0.29, 0.717) is 29.5 Å². The van der Waals surface area contributed by atoms with E-state index in [2.05, 4.69) is 15.6 Å². The van der Waals surface area contributed by atoms with Crippen molar-refractivity contribution in [1.82, 2.24) is 10.3 Å². The van der Waals surface area contributed by atoms with Crippen LogP contribution in [0.5, 0.6) is 0 Å². The minimum atomic E-state index is -0.207. The SMILES string of the molecule is Cc1nc(NC(=O)CCC2CCNC2)sc1Cc1ccccc1F.Cl. The first-order valence-corrected chi connectivity index (χ1v) is 9.13. The van der Waals surface area contributed by atoms with Gasteiger partial charge in [0.1, 0.15) is 5.82 Å². The predicted molar refractivity (Wildman–Crippen MR) is 102 cm³/mol. The minimum absolute atomic E-state index is 0. The number of anilines is 1. The van der Waals surface area contributed by atoms with Gasteiger partial charge in [0, 0.05) is 17.7 Å². The lowest BCUT2D eigenvalue weighted by molar-refractivity contribution is -0.116. The largest absolute Gasteiger partial charge is 0.316 e. The molecular formula is C18H23ClFN3OS. The van der Waals surface area contributed by atoms with Crippen LogP contribution < -0.4 is 10.6 Å². The zero-order valence-corrected chi connectivity index (χ0v) is 15.8. The van der Waals surface area contributed by atoms with E-state index in [1.807, 2.05) is 13.0 Å². The molecule has 1 fully saturated rings. The number of nitrogens with one attached hydrogen (secondary N) is 2. The second-order valence-corrected chi connectivity index (χ2v) is 7.33. The van der Waals surface area contributed by atoms with Crippen LogP contribution in [-0.2, 0) is 11.2 Å². The molecule has 2 N–H and O–H groups in total. The van der Waals surface area contributed by atoms with Crippen LogP contribution in [0.1, 0.15) is 35.4 Å². The maximum atomic E-state index is 13.8. The highest BCUT2D eigenvalue weighted by molar-refractivity contribution is 7.15. The Morgan fingerprint density at radius 1 is 1.44 bits per heavy atom. The molecule has 0 aliphatic carbocycles. The van der Waals surface area contributed by atoms with E-state index in [4.69, 9.17) is 0 Å². The van der Waals surface area contributed by atoms with Crippen molar-refractivity contribution in [3.63, 3.8) is 0 Å². The summed E-state index contributed by atoms with van der Waals surface area (Å²) in [4.78, 5) is 17.5. The molecule has 1 aromatic carbocycles. The molecule has 136 valence electrons. The van der Waals surface area contributed by atoms with Crippen LogP contribution in [0.3, 0.4) is 0 Å². The third-order valence-corrected chi connectivity index (χ3v) is 5.46. The van der Waals surface area contributed by atoms with Gasteiger partial charge < -0.3 is 10.6 Å². The quantitative estimate of drug-likeness (QED) is 0.794. The molecule has 2 aromatic rings. The second-order valence-electron chi connectivity index (χ2n) is 6.24. The fourth-order valence-electron chi connectivity index (χ4n) is 2.94. The molecule has 1 saturated heterocycles. The average molecular weight is 384 g/mol. The first-order chi connectivity index (χ1) is 11.6. The van der Waals surface area contributed by atoms with Gasteiger partial charge in [0.15, 0.2) is 5.13 Å². The standard InChI is InChI=1S/C18H22FN3OS.ClH/c1-12-16(10-14-4-2-3-5-15(14)19)24-18(21-12)22-17(23)7-6-13-8-9-20-11-13;/h2-5,13,20H,6-11H2,1H3,(H,21,22,23);1H. The molecule has 3 rings (SSSR count). The summed E-state index contributed by atoms with van der Waals surface area (Å²) in [7, 11) is 0. The Labute approximate surface area is 157 Å². The Kier molecular flexibility index (Phi) is 7.35. The first-order valence-electron chi connectivity index (χ1n) is 8.32. The first kappa shape index (κ1) is 19.8. The van der Waals surface area contributed by atoms with Gasteiger partial charge in [-0.2, -0.15) is 0 Å². The number of carbonyl (C=O) groups excluding carboxylic acids is 1. The van der Waals surface area contributed by atoms with Crippen LogP contribution in [0.2, 0.25) is 0 Å². The van der Waals surface area contributed by atoms with Crippen molar-refractivity contribution < 1.29 is 9.18 Å². The number of benzene rings is 1. The smallest absolute Gasteiger partial charge is 0.226 e. The highest BCUT2D eigenvalue weighted by Gasteiger charge is 2.17. The third-order valence-electron chi connectivity index (χ3n) is 4.39. The van der Waals surface area contributed by atoms with Gasteiger partial charge in [-0.15, -0.1) is 23.7 Å². The lowest BCUT2D eigenvalue weighted by Crippen LogP contribution is -2.14. The summed E-state index contributed by atoms with van der Waals surface area (Å²) in [5.74, 6) is 0.402. The topological polar surface area (TPSA) is 54.0 Å². The monoisotopic (exact) mass is 383 g/mol. The maximum absolute atomic E-state index is 13.8. The molecule has 1 unspecified atom stereocenters. The average Bonchev–Trinajstić information content (AvgIpc) is 3.18. The number of halogens is 2. The second kappa shape index (κ2) is 9.27. The molecule has 1 atom stereocenters. The third kappa shape index (κ3) is 5.49. The van der Waals surface area contributed by atoms with Crippen LogP contribution in [0.15, 0.2) is 24.3 Å². The highest BCUT2D eigenvalue weighted by Crippen LogP contribution is 2.26. The van der Waals surface area contributed by atoms with E-state index in [1.165, 1.54) is 17.4 Å². The van der Waals surface area contributed by atoms with Crippen molar-refractivity contribution in [2.75, 3.05) is 18.4 Å². The molecule has 0 bridgehead atoms. The van der Waals surface area contributed by atoms with Gasteiger partial charge in [0.2, 0.25) is 5.91 Å². The van der Waals surface area contributed by atoms with E-state index in [9.17, 15) is 9.18 Å². The van der Waals surface area contributed by atoms with Gasteiger partial charge >= 0.3 is 0 Å². The molecule has 2 heterocycles. The van der Waals surface area contributed by atoms with Crippen molar-refractivity contribution in [3.8, 4) is 0 Å². The van der Waals surface area contributed by atoms with Crippen molar-refractivity contribution in [2.24, 2.45) is 5.92 Å². The van der Waals surface area contributed by atoms with Crippen LogP contribution in [-0.4, -0.2) is 24.0 Å². The molecule has 0 saturated carbocycles. The van der Waals surface area contributed by atoms with Gasteiger partial charge in [-0.1, -0.05) is 18.2 Å². The summed E-state index contributed by atoms with van der Waals surface area (Å²) in [5.41, 5.74) is 1.49. The Balaban J connectivity index is 0.00000225. The number of amides is 1. The van der Waals surface area contributed by atoms with Crippen molar-refractivity contribution in [3.05, 3.63) is 46.2 Å². The van der Waals surface area contributed by atoms with Gasteiger partial charge in [0.05, 0.1) is 5.69 Å². The molecule has 1 aromatic heterocycles. The van der Waals surface area contributed by atoms with E-state index in [0.717, 1.165) is 36.5 Å². The van der Waals surface area contributed by atoms with Gasteiger partial charge in [-0.05, 0) is 50.4 Å². The molecular weight excluding hydrogens is 361 g/mol. The summed E-state index contributed by atoms with van der Waals surface area (Å²) >= 11 is 1.43. The highest BCUT2D eigenvalue weighted by atomic mass is 35.5. The fourth-order valence-corrected chi connectivity index (χ4v) is 3.94. The minimum Gasteiger partial charge on any atom is -0.316 e. The number of nitrogens with zero attached hydrogens (tertiary/aromatic N) is 1. The predicted octanol–water partition coefficient (Wildman–Crippen LogP) is 3.93. The van der Waals surface area contributed by atoms with E-state index >= 15 is 0 Å². The van der Waals surface area contributed by atoms with Crippen LogP contribution >= 0.6 is 23.7 Å². The number of carbonyl (C=O) groups is 1. The zero-order chi connectivity index (χ0) is 16.9. The normalized spacial score (nSPS) is 16.5. The lowest BCUT2D eigenvalue weighted by atomic mass is 10.0. The van der Waals surface area contributed by atoms with Crippen molar-refractivity contribution in [1.29, 1.82) is 0 Å². The van der Waals surface area contributed by atoms with E-state index in [-0.39, 0.29) is 24.1 Å². The Morgan fingerprint density at radius 2 is 2.24 bits per heavy atom. The van der Waals surface area contributed by atoms with Crippen LogP contribution in [0, 0.1) is 18.7 Å². The molecule has 1 amide bonds. The van der Waals surface area contributed by atoms with Crippen LogP contribution in [0.25, 0.3) is 0 Å². The maximum Gasteiger partial charge on any atom is 0.226 e. The molecule has 0 spiro atoms. The van der Waals surface area contributed by atoms with E-state index < -0.39 is 0 Å². The van der Waals surface area contributed by atoms with Crippen molar-refractivity contribution >= 4 is 34.8 Å². The molecule has 7 heteroatoms. The summed E-state index contributed by atoms with van der Waals surface area (Å²) in [6, 6.07) is 6.76. The molecule has 0 radical (unpaired) electrons. The molecule has 4 nitrogen and oxygen atoms in total. The molecule has 25 heavy (non-hydrogen) atoms. The summed E-state index contributed by atoms with van der Waals surface area (Å²) < 4.78 is 13.8. The number of hydrogen-bond donors (Lipinski definition) is 2. The Hall–Kier alpha value is -1.50. The number of aryl methyl sites for hydroxylation is 1. The summed E-state index contributed by atoms with van der Waals surface area (Å²) in [6.07, 6.45) is 3.08. The summed E-state index contributed by atoms with van der Waals surface area (Å²) in [6.45, 7) is 3.96. The van der Waals surface area contributed by atoms with Crippen LogP contribution in [0.4, 0.5) is 9.52 Å². The Bertz CT molecular complexity index is 716. The Morgan fingerprint density at radius 3 is 2.96 bits per heavy atom. The molecule has 1 aliphatic rings. The lowest BCUT2D eigenvalue weighted by Gasteiger charge is -2.07. The number of hydrogen-bond acceptors (Lipinski definition) is 4. The number of aromatic nitrogens is 1.